The van der Waals surface area contributed by atoms with E-state index in [4.69, 9.17) is 21.1 Å². The largest absolute Gasteiger partial charge is 0.508 e. The normalized spacial score (nSPS) is 13.0. The number of ether oxygens (including phenoxy) is 2. The molecule has 0 aromatic heterocycles. The Labute approximate surface area is 135 Å². The number of halogens is 2. The lowest BCUT2D eigenvalue weighted by Gasteiger charge is -2.20. The van der Waals surface area contributed by atoms with Gasteiger partial charge in [0.05, 0.1) is 5.69 Å². The van der Waals surface area contributed by atoms with Crippen LogP contribution in [0.1, 0.15) is 5.56 Å². The Bertz CT molecular complexity index is 658. The molecule has 2 N–H and O–H groups in total. The fraction of sp³-hybridized carbons (Fsp3) is 0.200. The molecule has 0 aliphatic carbocycles. The molecule has 4 nitrogen and oxygen atoms in total. The van der Waals surface area contributed by atoms with Crippen molar-refractivity contribution in [1.29, 1.82) is 0 Å². The Morgan fingerprint density at radius 3 is 2.62 bits per heavy atom. The van der Waals surface area contributed by atoms with E-state index in [2.05, 4.69) is 21.2 Å². The number of anilines is 1. The topological polar surface area (TPSA) is 50.7 Å². The molecule has 0 spiro atoms. The van der Waals surface area contributed by atoms with Crippen LogP contribution < -0.4 is 14.8 Å². The Morgan fingerprint density at radius 2 is 1.90 bits per heavy atom. The number of nitrogens with one attached hydrogen (secondary N) is 1. The van der Waals surface area contributed by atoms with Gasteiger partial charge in [-0.3, -0.25) is 0 Å². The monoisotopic (exact) mass is 369 g/mol. The lowest BCUT2D eigenvalue weighted by atomic mass is 10.2. The molecule has 2 aromatic carbocycles. The average Bonchev–Trinajstić information content (AvgIpc) is 2.47. The van der Waals surface area contributed by atoms with Crippen molar-refractivity contribution in [2.45, 2.75) is 6.54 Å². The molecule has 0 bridgehead atoms. The maximum Gasteiger partial charge on any atom is 0.163 e. The highest BCUT2D eigenvalue weighted by Crippen LogP contribution is 2.38. The summed E-state index contributed by atoms with van der Waals surface area (Å²) in [7, 11) is 0. The van der Waals surface area contributed by atoms with Gasteiger partial charge in [-0.1, -0.05) is 17.7 Å². The van der Waals surface area contributed by atoms with E-state index in [0.717, 1.165) is 15.9 Å². The zero-order chi connectivity index (χ0) is 14.8. The summed E-state index contributed by atoms with van der Waals surface area (Å²) in [6, 6.07) is 8.80. The van der Waals surface area contributed by atoms with Gasteiger partial charge in [-0.15, -0.1) is 0 Å². The first kappa shape index (κ1) is 14.4. The predicted octanol–water partition coefficient (Wildman–Crippen LogP) is 4.19. The molecule has 0 saturated carbocycles. The highest BCUT2D eigenvalue weighted by atomic mass is 79.9. The van der Waals surface area contributed by atoms with Gasteiger partial charge in [0.15, 0.2) is 11.5 Å². The van der Waals surface area contributed by atoms with Crippen LogP contribution in [0.3, 0.4) is 0 Å². The van der Waals surface area contributed by atoms with Crippen molar-refractivity contribution >= 4 is 33.2 Å². The number of phenolic OH excluding ortho intramolecular Hbond substituents is 1. The van der Waals surface area contributed by atoms with Crippen LogP contribution in [0.25, 0.3) is 0 Å². The minimum absolute atomic E-state index is 0.170. The van der Waals surface area contributed by atoms with E-state index in [0.29, 0.717) is 36.1 Å². The van der Waals surface area contributed by atoms with Crippen molar-refractivity contribution in [2.75, 3.05) is 18.5 Å². The summed E-state index contributed by atoms with van der Waals surface area (Å²) in [5, 5.41) is 13.6. The van der Waals surface area contributed by atoms with Gasteiger partial charge in [0.1, 0.15) is 19.0 Å². The van der Waals surface area contributed by atoms with Gasteiger partial charge >= 0.3 is 0 Å². The third kappa shape index (κ3) is 3.04. The van der Waals surface area contributed by atoms with Crippen LogP contribution in [0.5, 0.6) is 17.2 Å². The zero-order valence-electron chi connectivity index (χ0n) is 11.0. The fourth-order valence-corrected chi connectivity index (χ4v) is 2.80. The molecule has 3 rings (SSSR count). The Balaban J connectivity index is 1.82. The molecule has 1 aliphatic rings. The lowest BCUT2D eigenvalue weighted by Crippen LogP contribution is -2.15. The van der Waals surface area contributed by atoms with E-state index in [1.54, 1.807) is 18.2 Å². The van der Waals surface area contributed by atoms with Crippen LogP contribution in [0, 0.1) is 0 Å². The second kappa shape index (κ2) is 6.03. The molecule has 0 fully saturated rings. The summed E-state index contributed by atoms with van der Waals surface area (Å²) in [6.07, 6.45) is 0. The summed E-state index contributed by atoms with van der Waals surface area (Å²) in [5.41, 5.74) is 1.50. The molecule has 0 radical (unpaired) electrons. The van der Waals surface area contributed by atoms with Gasteiger partial charge in [0.25, 0.3) is 0 Å². The van der Waals surface area contributed by atoms with Crippen LogP contribution >= 0.6 is 27.5 Å². The standard InChI is InChI=1S/C15H13BrClNO3/c16-10-6-14-15(21-5-4-20-14)7-12(10)18-8-9-11(17)2-1-3-13(9)19/h1-3,6-7,18-19H,4-5,8H2. The van der Waals surface area contributed by atoms with Crippen molar-refractivity contribution < 1.29 is 14.6 Å². The van der Waals surface area contributed by atoms with E-state index in [-0.39, 0.29) is 5.75 Å². The summed E-state index contributed by atoms with van der Waals surface area (Å²) < 4.78 is 11.9. The van der Waals surface area contributed by atoms with Crippen LogP contribution in [0.15, 0.2) is 34.8 Å². The third-order valence-electron chi connectivity index (χ3n) is 3.18. The number of rotatable bonds is 3. The predicted molar refractivity (Wildman–Crippen MR) is 85.6 cm³/mol. The van der Waals surface area contributed by atoms with Crippen molar-refractivity contribution in [2.24, 2.45) is 0 Å². The van der Waals surface area contributed by atoms with E-state index in [9.17, 15) is 5.11 Å². The highest BCUT2D eigenvalue weighted by Gasteiger charge is 2.15. The molecular weight excluding hydrogens is 358 g/mol. The Morgan fingerprint density at radius 1 is 1.19 bits per heavy atom. The Hall–Kier alpha value is -1.59. The summed E-state index contributed by atoms with van der Waals surface area (Å²) in [6.45, 7) is 1.50. The molecule has 110 valence electrons. The molecule has 21 heavy (non-hydrogen) atoms. The number of hydrogen-bond donors (Lipinski definition) is 2. The first-order chi connectivity index (χ1) is 10.1. The fourth-order valence-electron chi connectivity index (χ4n) is 2.11. The minimum atomic E-state index is 0.170. The van der Waals surface area contributed by atoms with Gasteiger partial charge in [-0.05, 0) is 28.1 Å². The number of aromatic hydroxyl groups is 1. The summed E-state index contributed by atoms with van der Waals surface area (Å²) in [4.78, 5) is 0. The molecule has 0 amide bonds. The number of benzene rings is 2. The molecule has 0 saturated heterocycles. The van der Waals surface area contributed by atoms with Crippen LogP contribution in [0.2, 0.25) is 5.02 Å². The van der Waals surface area contributed by atoms with Crippen molar-refractivity contribution in [3.8, 4) is 17.2 Å². The lowest BCUT2D eigenvalue weighted by molar-refractivity contribution is 0.171. The molecule has 6 heteroatoms. The zero-order valence-corrected chi connectivity index (χ0v) is 13.4. The first-order valence-electron chi connectivity index (χ1n) is 6.44. The Kier molecular flexibility index (Phi) is 4.12. The second-order valence-electron chi connectivity index (χ2n) is 4.57. The van der Waals surface area contributed by atoms with Crippen LogP contribution in [-0.2, 0) is 6.54 Å². The number of fused-ring (bicyclic) bond motifs is 1. The molecule has 1 aliphatic heterocycles. The van der Waals surface area contributed by atoms with Crippen molar-refractivity contribution in [3.63, 3.8) is 0 Å². The highest BCUT2D eigenvalue weighted by molar-refractivity contribution is 9.10. The van der Waals surface area contributed by atoms with Gasteiger partial charge in [0, 0.05) is 33.7 Å². The molecule has 0 atom stereocenters. The van der Waals surface area contributed by atoms with Gasteiger partial charge in [-0.25, -0.2) is 0 Å². The first-order valence-corrected chi connectivity index (χ1v) is 7.61. The molecule has 1 heterocycles. The third-order valence-corrected chi connectivity index (χ3v) is 4.19. The average molecular weight is 371 g/mol. The van der Waals surface area contributed by atoms with E-state index < -0.39 is 0 Å². The van der Waals surface area contributed by atoms with E-state index >= 15 is 0 Å². The van der Waals surface area contributed by atoms with Gasteiger partial charge < -0.3 is 19.9 Å². The quantitative estimate of drug-likeness (QED) is 0.850. The molecule has 0 unspecified atom stereocenters. The smallest absolute Gasteiger partial charge is 0.163 e. The van der Waals surface area contributed by atoms with E-state index in [1.807, 2.05) is 12.1 Å². The number of hydrogen-bond acceptors (Lipinski definition) is 4. The van der Waals surface area contributed by atoms with Gasteiger partial charge in [-0.2, -0.15) is 0 Å². The minimum Gasteiger partial charge on any atom is -0.508 e. The van der Waals surface area contributed by atoms with Crippen LogP contribution in [-0.4, -0.2) is 18.3 Å². The second-order valence-corrected chi connectivity index (χ2v) is 5.83. The van der Waals surface area contributed by atoms with Crippen molar-refractivity contribution in [1.82, 2.24) is 0 Å². The molecule has 2 aromatic rings. The summed E-state index contributed by atoms with van der Waals surface area (Å²) >= 11 is 9.59. The summed E-state index contributed by atoms with van der Waals surface area (Å²) in [5.74, 6) is 1.60. The van der Waals surface area contributed by atoms with Gasteiger partial charge in [0.2, 0.25) is 0 Å². The maximum absolute atomic E-state index is 9.85. The SMILES string of the molecule is Oc1cccc(Cl)c1CNc1cc2c(cc1Br)OCCO2. The maximum atomic E-state index is 9.85. The number of phenols is 1. The van der Waals surface area contributed by atoms with E-state index in [1.165, 1.54) is 0 Å². The van der Waals surface area contributed by atoms with Crippen molar-refractivity contribution in [3.05, 3.63) is 45.4 Å². The molecular formula is C15H13BrClNO3. The van der Waals surface area contributed by atoms with Crippen LogP contribution in [0.4, 0.5) is 5.69 Å².